The lowest BCUT2D eigenvalue weighted by molar-refractivity contribution is 1.01. The summed E-state index contributed by atoms with van der Waals surface area (Å²) < 4.78 is 0. The zero-order chi connectivity index (χ0) is 8.55. The van der Waals surface area contributed by atoms with Gasteiger partial charge in [-0.2, -0.15) is 0 Å². The lowest BCUT2D eigenvalue weighted by Crippen LogP contribution is -2.33. The molecule has 1 aromatic carbocycles. The Hall–Kier alpha value is -1.24. The molecule has 0 bridgehead atoms. The van der Waals surface area contributed by atoms with Crippen LogP contribution in [0.2, 0.25) is 0 Å². The molecule has 0 aromatic heterocycles. The van der Waals surface area contributed by atoms with Crippen LogP contribution >= 0.6 is 0 Å². The van der Waals surface area contributed by atoms with E-state index in [-0.39, 0.29) is 0 Å². The summed E-state index contributed by atoms with van der Waals surface area (Å²) in [5.41, 5.74) is 8.41. The van der Waals surface area contributed by atoms with E-state index in [0.717, 1.165) is 18.5 Å². The van der Waals surface area contributed by atoms with E-state index in [0.29, 0.717) is 0 Å². The van der Waals surface area contributed by atoms with Crippen LogP contribution in [-0.4, -0.2) is 0 Å². The molecule has 12 heavy (non-hydrogen) atoms. The van der Waals surface area contributed by atoms with E-state index in [1.165, 1.54) is 16.0 Å². The van der Waals surface area contributed by atoms with Gasteiger partial charge in [-0.05, 0) is 25.0 Å². The Labute approximate surface area is 72.2 Å². The summed E-state index contributed by atoms with van der Waals surface area (Å²) in [4.78, 5) is 0. The fourth-order valence-electron chi connectivity index (χ4n) is 1.73. The highest BCUT2D eigenvalue weighted by atomic mass is 14.6. The quantitative estimate of drug-likeness (QED) is 0.593. The first-order valence-electron chi connectivity index (χ1n) is 4.32. The average Bonchev–Trinajstić information content (AvgIpc) is 2.12. The standard InChI is InChI=1S/C11H13N/c1-8-6-7-11(12)10-5-3-2-4-9(8)10/h2-5H,6-7,12H2,1H3. The molecule has 0 heterocycles. The zero-order valence-corrected chi connectivity index (χ0v) is 7.30. The van der Waals surface area contributed by atoms with Gasteiger partial charge in [0, 0.05) is 10.9 Å². The molecule has 0 atom stereocenters. The van der Waals surface area contributed by atoms with E-state index in [2.05, 4.69) is 25.1 Å². The van der Waals surface area contributed by atoms with Crippen molar-refractivity contribution in [3.05, 3.63) is 34.7 Å². The van der Waals surface area contributed by atoms with Gasteiger partial charge in [0.25, 0.3) is 0 Å². The maximum Gasteiger partial charge on any atom is 0.0163 e. The summed E-state index contributed by atoms with van der Waals surface area (Å²) in [5, 5.41) is 2.57. The Bertz CT molecular complexity index is 374. The second-order valence-corrected chi connectivity index (χ2v) is 3.35. The van der Waals surface area contributed by atoms with Crippen LogP contribution in [0.15, 0.2) is 24.3 Å². The molecule has 1 heteroatoms. The van der Waals surface area contributed by atoms with Gasteiger partial charge < -0.3 is 5.73 Å². The van der Waals surface area contributed by atoms with E-state index < -0.39 is 0 Å². The minimum atomic E-state index is 1.02. The monoisotopic (exact) mass is 159 g/mol. The molecule has 0 saturated heterocycles. The van der Waals surface area contributed by atoms with Crippen molar-refractivity contribution in [2.24, 2.45) is 5.73 Å². The third-order valence-corrected chi connectivity index (χ3v) is 2.50. The summed E-state index contributed by atoms with van der Waals surface area (Å²) >= 11 is 0. The van der Waals surface area contributed by atoms with Crippen LogP contribution in [-0.2, 0) is 0 Å². The highest BCUT2D eigenvalue weighted by Crippen LogP contribution is 2.09. The summed E-state index contributed by atoms with van der Waals surface area (Å²) in [6, 6.07) is 8.37. The molecule has 1 aliphatic carbocycles. The van der Waals surface area contributed by atoms with Crippen molar-refractivity contribution in [2.45, 2.75) is 19.8 Å². The number of fused-ring (bicyclic) bond motifs is 1. The third-order valence-electron chi connectivity index (χ3n) is 2.50. The summed E-state index contributed by atoms with van der Waals surface area (Å²) in [6.45, 7) is 2.19. The number of benzene rings is 1. The molecule has 62 valence electrons. The second kappa shape index (κ2) is 2.67. The van der Waals surface area contributed by atoms with Crippen LogP contribution in [0.25, 0.3) is 11.3 Å². The largest absolute Gasteiger partial charge is 0.402 e. The van der Waals surface area contributed by atoms with Gasteiger partial charge in [-0.25, -0.2) is 0 Å². The van der Waals surface area contributed by atoms with Gasteiger partial charge >= 0.3 is 0 Å². The fourth-order valence-corrected chi connectivity index (χ4v) is 1.73. The molecule has 0 saturated carbocycles. The van der Waals surface area contributed by atoms with E-state index in [4.69, 9.17) is 5.73 Å². The molecule has 1 aliphatic rings. The number of hydrogen-bond acceptors (Lipinski definition) is 1. The van der Waals surface area contributed by atoms with Crippen molar-refractivity contribution in [2.75, 3.05) is 0 Å². The van der Waals surface area contributed by atoms with E-state index in [9.17, 15) is 0 Å². The predicted molar refractivity (Wildman–Crippen MR) is 51.6 cm³/mol. The first-order chi connectivity index (χ1) is 5.79. The number of hydrogen-bond donors (Lipinski definition) is 1. The minimum Gasteiger partial charge on any atom is -0.402 e. The molecule has 0 amide bonds. The lowest BCUT2D eigenvalue weighted by Gasteiger charge is -2.09. The van der Waals surface area contributed by atoms with Crippen molar-refractivity contribution in [1.82, 2.24) is 0 Å². The van der Waals surface area contributed by atoms with E-state index in [1.807, 2.05) is 6.07 Å². The smallest absolute Gasteiger partial charge is 0.0163 e. The second-order valence-electron chi connectivity index (χ2n) is 3.35. The first-order valence-corrected chi connectivity index (χ1v) is 4.32. The van der Waals surface area contributed by atoms with Crippen LogP contribution in [0.5, 0.6) is 0 Å². The number of rotatable bonds is 0. The van der Waals surface area contributed by atoms with Crippen molar-refractivity contribution >= 4 is 11.3 Å². The molecule has 0 unspecified atom stereocenters. The summed E-state index contributed by atoms with van der Waals surface area (Å²) in [6.07, 6.45) is 2.13. The van der Waals surface area contributed by atoms with E-state index >= 15 is 0 Å². The SMILES string of the molecule is CC1=c2ccccc2=C(N)CC1. The Balaban J connectivity index is 2.95. The summed E-state index contributed by atoms with van der Waals surface area (Å²) in [7, 11) is 0. The molecule has 0 fully saturated rings. The van der Waals surface area contributed by atoms with Crippen molar-refractivity contribution in [1.29, 1.82) is 0 Å². The van der Waals surface area contributed by atoms with Crippen LogP contribution in [0.4, 0.5) is 0 Å². The molecule has 1 nitrogen and oxygen atoms in total. The van der Waals surface area contributed by atoms with Gasteiger partial charge in [0.2, 0.25) is 0 Å². The van der Waals surface area contributed by atoms with Gasteiger partial charge in [0.05, 0.1) is 0 Å². The fraction of sp³-hybridized carbons (Fsp3) is 0.273. The molecule has 0 spiro atoms. The Morgan fingerprint density at radius 2 is 1.75 bits per heavy atom. The molecule has 0 radical (unpaired) electrons. The molecule has 1 aromatic rings. The topological polar surface area (TPSA) is 26.0 Å². The Morgan fingerprint density at radius 3 is 2.42 bits per heavy atom. The van der Waals surface area contributed by atoms with Crippen molar-refractivity contribution in [3.8, 4) is 0 Å². The molecular formula is C11H13N. The molecule has 0 aliphatic heterocycles. The van der Waals surface area contributed by atoms with Crippen LogP contribution in [0.1, 0.15) is 19.8 Å². The van der Waals surface area contributed by atoms with Crippen molar-refractivity contribution in [3.63, 3.8) is 0 Å². The maximum atomic E-state index is 5.91. The Kier molecular flexibility index (Phi) is 1.65. The molecule has 2 rings (SSSR count). The van der Waals surface area contributed by atoms with Crippen LogP contribution in [0.3, 0.4) is 0 Å². The van der Waals surface area contributed by atoms with Crippen LogP contribution in [0, 0.1) is 0 Å². The first kappa shape index (κ1) is 7.41. The summed E-state index contributed by atoms with van der Waals surface area (Å²) in [5.74, 6) is 0. The zero-order valence-electron chi connectivity index (χ0n) is 7.30. The maximum absolute atomic E-state index is 5.91. The van der Waals surface area contributed by atoms with Gasteiger partial charge in [-0.15, -0.1) is 0 Å². The number of nitrogens with two attached hydrogens (primary N) is 1. The van der Waals surface area contributed by atoms with Gasteiger partial charge in [-0.1, -0.05) is 29.8 Å². The molecule has 2 N–H and O–H groups in total. The highest BCUT2D eigenvalue weighted by molar-refractivity contribution is 5.54. The average molecular weight is 159 g/mol. The Morgan fingerprint density at radius 1 is 1.08 bits per heavy atom. The lowest BCUT2D eigenvalue weighted by atomic mass is 9.99. The third kappa shape index (κ3) is 1.02. The van der Waals surface area contributed by atoms with Crippen LogP contribution < -0.4 is 16.2 Å². The van der Waals surface area contributed by atoms with Gasteiger partial charge in [0.15, 0.2) is 0 Å². The van der Waals surface area contributed by atoms with Gasteiger partial charge in [-0.3, -0.25) is 0 Å². The van der Waals surface area contributed by atoms with E-state index in [1.54, 1.807) is 0 Å². The molecular weight excluding hydrogens is 146 g/mol. The normalized spacial score (nSPS) is 16.1. The minimum absolute atomic E-state index is 1.02. The highest BCUT2D eigenvalue weighted by Gasteiger charge is 2.03. The predicted octanol–water partition coefficient (Wildman–Crippen LogP) is 0.718. The van der Waals surface area contributed by atoms with Gasteiger partial charge in [0.1, 0.15) is 0 Å². The van der Waals surface area contributed by atoms with Crippen molar-refractivity contribution < 1.29 is 0 Å².